The summed E-state index contributed by atoms with van der Waals surface area (Å²) in [6, 6.07) is 18.4. The maximum atomic E-state index is 12.2. The number of furan rings is 1. The van der Waals surface area contributed by atoms with E-state index in [4.69, 9.17) is 32.4 Å². The van der Waals surface area contributed by atoms with Crippen molar-refractivity contribution in [3.05, 3.63) is 83.1 Å². The largest absolute Gasteiger partial charge is 0.460 e. The Hall–Kier alpha value is -4.13. The minimum atomic E-state index is -0.647. The molecule has 0 saturated heterocycles. The first-order valence-electron chi connectivity index (χ1n) is 9.36. The highest BCUT2D eigenvalue weighted by Crippen LogP contribution is 2.29. The number of primary amides is 1. The molecule has 8 N–H and O–H groups in total. The van der Waals surface area contributed by atoms with E-state index in [9.17, 15) is 4.79 Å². The highest BCUT2D eigenvalue weighted by Gasteiger charge is 2.23. The highest BCUT2D eigenvalue weighted by molar-refractivity contribution is 5.99. The van der Waals surface area contributed by atoms with Crippen LogP contribution in [0.2, 0.25) is 0 Å². The lowest BCUT2D eigenvalue weighted by atomic mass is 9.94. The quantitative estimate of drug-likeness (QED) is 0.249. The Morgan fingerprint density at radius 3 is 2.10 bits per heavy atom. The van der Waals surface area contributed by atoms with Gasteiger partial charge in [0.2, 0.25) is 5.91 Å². The minimum Gasteiger partial charge on any atom is -0.460 e. The zero-order chi connectivity index (χ0) is 21.4. The molecule has 1 atom stereocenters. The molecule has 1 unspecified atom stereocenters. The molecule has 0 bridgehead atoms. The Morgan fingerprint density at radius 2 is 1.43 bits per heavy atom. The van der Waals surface area contributed by atoms with E-state index in [1.54, 1.807) is 30.3 Å². The van der Waals surface area contributed by atoms with Gasteiger partial charge in [0.1, 0.15) is 23.0 Å². The standard InChI is InChI=1S/C23H21N5O2/c24-21(25)14-4-3-13-2-1-12(7-16(13)9-14)8-18(23(28)29)20-11-17-10-15(22(26)27)5-6-19(17)30-20/h1-7,9-11,18H,8H2,(H3,24,25)(H3,26,27)(H2,28,29). The molecule has 4 aromatic rings. The number of nitrogen functional groups attached to an aromatic ring is 2. The van der Waals surface area contributed by atoms with E-state index in [0.29, 0.717) is 28.9 Å². The van der Waals surface area contributed by atoms with Crippen molar-refractivity contribution >= 4 is 39.3 Å². The summed E-state index contributed by atoms with van der Waals surface area (Å²) < 4.78 is 5.88. The second-order valence-corrected chi connectivity index (χ2v) is 7.28. The van der Waals surface area contributed by atoms with Crippen LogP contribution in [0.4, 0.5) is 0 Å². The Morgan fingerprint density at radius 1 is 0.800 bits per heavy atom. The molecule has 0 aliphatic heterocycles. The highest BCUT2D eigenvalue weighted by atomic mass is 16.3. The molecule has 3 aromatic carbocycles. The predicted molar refractivity (Wildman–Crippen MR) is 118 cm³/mol. The van der Waals surface area contributed by atoms with Crippen LogP contribution in [0.15, 0.2) is 65.1 Å². The molecule has 1 amide bonds. The van der Waals surface area contributed by atoms with Crippen molar-refractivity contribution in [1.29, 1.82) is 10.8 Å². The number of rotatable bonds is 6. The summed E-state index contributed by atoms with van der Waals surface area (Å²) in [5.74, 6) is -0.697. The Labute approximate surface area is 172 Å². The lowest BCUT2D eigenvalue weighted by Gasteiger charge is -2.12. The third-order valence-corrected chi connectivity index (χ3v) is 5.19. The molecule has 0 saturated carbocycles. The number of nitrogens with one attached hydrogen (secondary N) is 2. The number of hydrogen-bond acceptors (Lipinski definition) is 4. The molecule has 4 rings (SSSR count). The van der Waals surface area contributed by atoms with Gasteiger partial charge in [0.25, 0.3) is 0 Å². The van der Waals surface area contributed by atoms with Gasteiger partial charge in [-0.2, -0.15) is 0 Å². The smallest absolute Gasteiger partial charge is 0.228 e. The molecule has 1 aromatic heterocycles. The number of hydrogen-bond donors (Lipinski definition) is 5. The van der Waals surface area contributed by atoms with E-state index in [2.05, 4.69) is 0 Å². The fourth-order valence-electron chi connectivity index (χ4n) is 3.57. The number of fused-ring (bicyclic) bond motifs is 2. The number of nitrogens with two attached hydrogens (primary N) is 3. The maximum Gasteiger partial charge on any atom is 0.228 e. The van der Waals surface area contributed by atoms with Crippen LogP contribution >= 0.6 is 0 Å². The minimum absolute atomic E-state index is 0.00419. The number of amidine groups is 2. The average Bonchev–Trinajstić information content (AvgIpc) is 3.13. The molecule has 150 valence electrons. The number of amides is 1. The van der Waals surface area contributed by atoms with Crippen molar-refractivity contribution in [2.24, 2.45) is 17.2 Å². The number of carbonyl (C=O) groups is 1. The molecule has 0 spiro atoms. The van der Waals surface area contributed by atoms with Crippen LogP contribution in [0.5, 0.6) is 0 Å². The van der Waals surface area contributed by atoms with E-state index >= 15 is 0 Å². The van der Waals surface area contributed by atoms with E-state index in [0.717, 1.165) is 21.7 Å². The topological polar surface area (TPSA) is 156 Å². The molecule has 7 nitrogen and oxygen atoms in total. The first-order chi connectivity index (χ1) is 14.3. The second-order valence-electron chi connectivity index (χ2n) is 7.28. The third kappa shape index (κ3) is 3.60. The zero-order valence-corrected chi connectivity index (χ0v) is 16.1. The summed E-state index contributed by atoms with van der Waals surface area (Å²) in [5, 5.41) is 17.9. The van der Waals surface area contributed by atoms with Crippen LogP contribution in [0.25, 0.3) is 21.7 Å². The molecular weight excluding hydrogens is 378 g/mol. The maximum absolute atomic E-state index is 12.2. The van der Waals surface area contributed by atoms with Crippen LogP contribution in [0.1, 0.15) is 28.4 Å². The monoisotopic (exact) mass is 399 g/mol. The molecule has 7 heteroatoms. The van der Waals surface area contributed by atoms with Gasteiger partial charge in [0, 0.05) is 16.5 Å². The van der Waals surface area contributed by atoms with Crippen molar-refractivity contribution in [2.75, 3.05) is 0 Å². The normalized spacial score (nSPS) is 12.1. The van der Waals surface area contributed by atoms with E-state index < -0.39 is 11.8 Å². The van der Waals surface area contributed by atoms with Crippen molar-refractivity contribution in [3.63, 3.8) is 0 Å². The Kier molecular flexibility index (Phi) is 4.71. The second kappa shape index (κ2) is 7.36. The summed E-state index contributed by atoms with van der Waals surface area (Å²) in [5.41, 5.74) is 19.6. The van der Waals surface area contributed by atoms with Gasteiger partial charge in [-0.3, -0.25) is 15.6 Å². The molecule has 0 radical (unpaired) electrons. The average molecular weight is 399 g/mol. The van der Waals surface area contributed by atoms with Crippen LogP contribution in [-0.4, -0.2) is 17.6 Å². The zero-order valence-electron chi connectivity index (χ0n) is 16.1. The van der Waals surface area contributed by atoms with Gasteiger partial charge in [-0.15, -0.1) is 0 Å². The first kappa shape index (κ1) is 19.2. The lowest BCUT2D eigenvalue weighted by molar-refractivity contribution is -0.119. The first-order valence-corrected chi connectivity index (χ1v) is 9.36. The summed E-state index contributed by atoms with van der Waals surface area (Å²) in [6.07, 6.45) is 0.370. The molecule has 0 aliphatic carbocycles. The third-order valence-electron chi connectivity index (χ3n) is 5.19. The van der Waals surface area contributed by atoms with Gasteiger partial charge >= 0.3 is 0 Å². The van der Waals surface area contributed by atoms with Gasteiger partial charge in [-0.25, -0.2) is 0 Å². The summed E-state index contributed by atoms with van der Waals surface area (Å²) >= 11 is 0. The molecule has 0 fully saturated rings. The van der Waals surface area contributed by atoms with Gasteiger partial charge in [-0.1, -0.05) is 30.3 Å². The van der Waals surface area contributed by atoms with Gasteiger partial charge < -0.3 is 21.6 Å². The van der Waals surface area contributed by atoms with Gasteiger partial charge in [0.15, 0.2) is 0 Å². The van der Waals surface area contributed by atoms with Crippen molar-refractivity contribution in [3.8, 4) is 0 Å². The van der Waals surface area contributed by atoms with Crippen molar-refractivity contribution < 1.29 is 9.21 Å². The number of benzene rings is 3. The van der Waals surface area contributed by atoms with Crippen LogP contribution in [0.3, 0.4) is 0 Å². The fourth-order valence-corrected chi connectivity index (χ4v) is 3.57. The predicted octanol–water partition coefficient (Wildman–Crippen LogP) is 2.97. The molecular formula is C23H21N5O2. The van der Waals surface area contributed by atoms with E-state index in [1.807, 2.05) is 30.3 Å². The van der Waals surface area contributed by atoms with Gasteiger partial charge in [0.05, 0.1) is 5.92 Å². The van der Waals surface area contributed by atoms with Crippen LogP contribution in [0, 0.1) is 10.8 Å². The van der Waals surface area contributed by atoms with E-state index in [-0.39, 0.29) is 11.7 Å². The Balaban J connectivity index is 1.70. The molecule has 0 aliphatic rings. The summed E-state index contributed by atoms with van der Waals surface area (Å²) in [7, 11) is 0. The summed E-state index contributed by atoms with van der Waals surface area (Å²) in [6.45, 7) is 0. The van der Waals surface area contributed by atoms with Gasteiger partial charge in [-0.05, 0) is 53.1 Å². The van der Waals surface area contributed by atoms with E-state index in [1.165, 1.54) is 0 Å². The van der Waals surface area contributed by atoms with Crippen molar-refractivity contribution in [1.82, 2.24) is 0 Å². The van der Waals surface area contributed by atoms with Crippen LogP contribution < -0.4 is 17.2 Å². The SMILES string of the molecule is N=C(N)c1ccc2ccc(CC(C(N)=O)c3cc4cc(C(=N)N)ccc4o3)cc2c1. The van der Waals surface area contributed by atoms with Crippen LogP contribution in [-0.2, 0) is 11.2 Å². The lowest BCUT2D eigenvalue weighted by Crippen LogP contribution is -2.22. The molecule has 30 heavy (non-hydrogen) atoms. The molecule has 1 heterocycles. The number of carbonyl (C=O) groups excluding carboxylic acids is 1. The fraction of sp³-hybridized carbons (Fsp3) is 0.0870. The van der Waals surface area contributed by atoms with Crippen molar-refractivity contribution in [2.45, 2.75) is 12.3 Å². The Bertz CT molecular complexity index is 1320. The summed E-state index contributed by atoms with van der Waals surface area (Å²) in [4.78, 5) is 12.2.